The second-order valence-corrected chi connectivity index (χ2v) is 6.57. The molecule has 0 atom stereocenters. The predicted octanol–water partition coefficient (Wildman–Crippen LogP) is 2.05. The molecule has 2 aromatic carbocycles. The summed E-state index contributed by atoms with van der Waals surface area (Å²) in [7, 11) is 0. The molecule has 1 aromatic heterocycles. The molecule has 0 aliphatic heterocycles. The summed E-state index contributed by atoms with van der Waals surface area (Å²) >= 11 is 0. The Balaban J connectivity index is 1.40. The minimum absolute atomic E-state index is 0.249. The van der Waals surface area contributed by atoms with Crippen molar-refractivity contribution in [2.24, 2.45) is 0 Å². The molecule has 9 nitrogen and oxygen atoms in total. The number of nitrogens with one attached hydrogen (secondary N) is 2. The van der Waals surface area contributed by atoms with Gasteiger partial charge in [-0.2, -0.15) is 0 Å². The molecule has 0 radical (unpaired) electrons. The third kappa shape index (κ3) is 6.43. The Hall–Kier alpha value is -4.14. The van der Waals surface area contributed by atoms with Crippen molar-refractivity contribution in [3.63, 3.8) is 0 Å². The summed E-state index contributed by atoms with van der Waals surface area (Å²) in [5.41, 5.74) is 1.48. The lowest BCUT2D eigenvalue weighted by Gasteiger charge is -2.09. The molecule has 3 rings (SSSR count). The molecular weight excluding hydrogens is 404 g/mol. The number of esters is 1. The largest absolute Gasteiger partial charge is 0.482 e. The second kappa shape index (κ2) is 10.1. The highest BCUT2D eigenvalue weighted by atomic mass is 16.6. The van der Waals surface area contributed by atoms with Gasteiger partial charge in [0.05, 0.1) is 0 Å². The first kappa shape index (κ1) is 21.6. The Bertz CT molecular complexity index is 1160. The number of hydrogen-bond donors (Lipinski definition) is 2. The molecule has 1 heterocycles. The zero-order chi connectivity index (χ0) is 22.2. The van der Waals surface area contributed by atoms with Crippen LogP contribution in [-0.4, -0.2) is 31.1 Å². The highest BCUT2D eigenvalue weighted by Gasteiger charge is 2.12. The first-order chi connectivity index (χ1) is 14.9. The first-order valence-electron chi connectivity index (χ1n) is 9.35. The lowest BCUT2D eigenvalue weighted by Crippen LogP contribution is -2.41. The van der Waals surface area contributed by atoms with Gasteiger partial charge in [-0.15, -0.1) is 0 Å². The molecule has 160 valence electrons. The van der Waals surface area contributed by atoms with E-state index in [-0.39, 0.29) is 6.54 Å². The van der Waals surface area contributed by atoms with Crippen molar-refractivity contribution in [2.45, 2.75) is 13.5 Å². The Morgan fingerprint density at radius 3 is 2.55 bits per heavy atom. The standard InChI is InChI=1S/C22H20N2O7/c1-14-9-20(26)31-18-10-16(7-8-17(14)18)29-13-21(27)30-12-19(25)24-22(28)23-11-15-5-3-2-4-6-15/h2-10H,11-13H2,1H3,(H2,23,24,25,28). The minimum Gasteiger partial charge on any atom is -0.482 e. The Morgan fingerprint density at radius 2 is 1.77 bits per heavy atom. The molecule has 0 unspecified atom stereocenters. The number of hydrogen-bond acceptors (Lipinski definition) is 7. The number of benzene rings is 2. The van der Waals surface area contributed by atoms with E-state index in [1.807, 2.05) is 30.3 Å². The molecule has 31 heavy (non-hydrogen) atoms. The molecule has 0 aliphatic carbocycles. The topological polar surface area (TPSA) is 124 Å². The number of aryl methyl sites for hydroxylation is 1. The second-order valence-electron chi connectivity index (χ2n) is 6.57. The average molecular weight is 424 g/mol. The average Bonchev–Trinajstić information content (AvgIpc) is 2.75. The summed E-state index contributed by atoms with van der Waals surface area (Å²) in [6.45, 7) is 0.935. The maximum Gasteiger partial charge on any atom is 0.344 e. The first-order valence-corrected chi connectivity index (χ1v) is 9.35. The normalized spacial score (nSPS) is 10.4. The van der Waals surface area contributed by atoms with Crippen LogP contribution in [0, 0.1) is 6.92 Å². The molecule has 0 saturated carbocycles. The lowest BCUT2D eigenvalue weighted by molar-refractivity contribution is -0.150. The van der Waals surface area contributed by atoms with Gasteiger partial charge in [0, 0.05) is 24.1 Å². The fourth-order valence-electron chi connectivity index (χ4n) is 2.71. The number of urea groups is 1. The summed E-state index contributed by atoms with van der Waals surface area (Å²) in [5, 5.41) is 5.33. The Kier molecular flexibility index (Phi) is 7.00. The van der Waals surface area contributed by atoms with Crippen LogP contribution in [0.2, 0.25) is 0 Å². The van der Waals surface area contributed by atoms with Crippen molar-refractivity contribution in [1.82, 2.24) is 10.6 Å². The number of carbonyl (C=O) groups is 3. The molecule has 0 spiro atoms. The van der Waals surface area contributed by atoms with E-state index in [1.54, 1.807) is 19.1 Å². The monoisotopic (exact) mass is 424 g/mol. The van der Waals surface area contributed by atoms with Crippen molar-refractivity contribution in [1.29, 1.82) is 0 Å². The maximum absolute atomic E-state index is 11.8. The summed E-state index contributed by atoms with van der Waals surface area (Å²) in [4.78, 5) is 46.7. The van der Waals surface area contributed by atoms with Crippen molar-refractivity contribution in [3.8, 4) is 5.75 Å². The fourth-order valence-corrected chi connectivity index (χ4v) is 2.71. The SMILES string of the molecule is Cc1cc(=O)oc2cc(OCC(=O)OCC(=O)NC(=O)NCc3ccccc3)ccc12. The van der Waals surface area contributed by atoms with Crippen LogP contribution >= 0.6 is 0 Å². The fraction of sp³-hybridized carbons (Fsp3) is 0.182. The van der Waals surface area contributed by atoms with Crippen LogP contribution in [-0.2, 0) is 20.9 Å². The van der Waals surface area contributed by atoms with Gasteiger partial charge in [0.25, 0.3) is 5.91 Å². The highest BCUT2D eigenvalue weighted by molar-refractivity contribution is 5.95. The van der Waals surface area contributed by atoms with Gasteiger partial charge in [0.1, 0.15) is 11.3 Å². The van der Waals surface area contributed by atoms with Crippen molar-refractivity contribution in [3.05, 3.63) is 76.1 Å². The van der Waals surface area contributed by atoms with E-state index in [0.29, 0.717) is 11.3 Å². The van der Waals surface area contributed by atoms with Crippen LogP contribution in [0.3, 0.4) is 0 Å². The smallest absolute Gasteiger partial charge is 0.344 e. The number of rotatable bonds is 7. The Labute approximate surface area is 177 Å². The number of ether oxygens (including phenoxy) is 2. The van der Waals surface area contributed by atoms with E-state index < -0.39 is 36.7 Å². The number of imide groups is 1. The van der Waals surface area contributed by atoms with Crippen LogP contribution in [0.5, 0.6) is 5.75 Å². The van der Waals surface area contributed by atoms with Crippen LogP contribution in [0.1, 0.15) is 11.1 Å². The van der Waals surface area contributed by atoms with E-state index >= 15 is 0 Å². The maximum atomic E-state index is 11.8. The summed E-state index contributed by atoms with van der Waals surface area (Å²) < 4.78 is 15.2. The molecular formula is C22H20N2O7. The zero-order valence-corrected chi connectivity index (χ0v) is 16.7. The molecule has 3 amide bonds. The summed E-state index contributed by atoms with van der Waals surface area (Å²) in [6.07, 6.45) is 0. The minimum atomic E-state index is -0.800. The third-order valence-corrected chi connectivity index (χ3v) is 4.19. The van der Waals surface area contributed by atoms with Crippen LogP contribution in [0.4, 0.5) is 4.79 Å². The molecule has 2 N–H and O–H groups in total. The van der Waals surface area contributed by atoms with Gasteiger partial charge in [-0.05, 0) is 30.2 Å². The van der Waals surface area contributed by atoms with Crippen molar-refractivity contribution < 1.29 is 28.3 Å². The quantitative estimate of drug-likeness (QED) is 0.439. The third-order valence-electron chi connectivity index (χ3n) is 4.19. The van der Waals surface area contributed by atoms with Gasteiger partial charge in [-0.3, -0.25) is 10.1 Å². The molecule has 9 heteroatoms. The lowest BCUT2D eigenvalue weighted by atomic mass is 10.1. The summed E-state index contributed by atoms with van der Waals surface area (Å²) in [6, 6.07) is 14.7. The van der Waals surface area contributed by atoms with Crippen molar-refractivity contribution >= 4 is 28.9 Å². The van der Waals surface area contributed by atoms with Crippen LogP contribution in [0.25, 0.3) is 11.0 Å². The van der Waals surface area contributed by atoms with E-state index in [2.05, 4.69) is 10.6 Å². The zero-order valence-electron chi connectivity index (χ0n) is 16.7. The van der Waals surface area contributed by atoms with Gasteiger partial charge in [0.2, 0.25) is 0 Å². The van der Waals surface area contributed by atoms with Crippen LogP contribution < -0.4 is 21.0 Å². The van der Waals surface area contributed by atoms with E-state index in [4.69, 9.17) is 13.9 Å². The summed E-state index contributed by atoms with van der Waals surface area (Å²) in [5.74, 6) is -1.28. The molecule has 3 aromatic rings. The van der Waals surface area contributed by atoms with E-state index in [0.717, 1.165) is 16.5 Å². The highest BCUT2D eigenvalue weighted by Crippen LogP contribution is 2.22. The van der Waals surface area contributed by atoms with Crippen molar-refractivity contribution in [2.75, 3.05) is 13.2 Å². The van der Waals surface area contributed by atoms with Gasteiger partial charge in [-0.1, -0.05) is 30.3 Å². The molecule has 0 saturated heterocycles. The Morgan fingerprint density at radius 1 is 1.00 bits per heavy atom. The molecule has 0 bridgehead atoms. The van der Waals surface area contributed by atoms with Gasteiger partial charge in [0.15, 0.2) is 13.2 Å². The van der Waals surface area contributed by atoms with E-state index in [1.165, 1.54) is 12.1 Å². The van der Waals surface area contributed by atoms with Gasteiger partial charge >= 0.3 is 17.6 Å². The number of carbonyl (C=O) groups excluding carboxylic acids is 3. The van der Waals surface area contributed by atoms with E-state index in [9.17, 15) is 19.2 Å². The van der Waals surface area contributed by atoms with Gasteiger partial charge < -0.3 is 19.2 Å². The predicted molar refractivity (Wildman–Crippen MR) is 110 cm³/mol. The van der Waals surface area contributed by atoms with Crippen LogP contribution in [0.15, 0.2) is 63.8 Å². The number of amides is 3. The number of fused-ring (bicyclic) bond motifs is 1. The van der Waals surface area contributed by atoms with Gasteiger partial charge in [-0.25, -0.2) is 14.4 Å². The molecule has 0 aliphatic rings. The molecule has 0 fully saturated rings.